The molecule has 0 aliphatic heterocycles. The normalized spacial score (nSPS) is 11.2. The maximum absolute atomic E-state index is 5.99. The predicted molar refractivity (Wildman–Crippen MR) is 78.4 cm³/mol. The van der Waals surface area contributed by atoms with Crippen LogP contribution in [0, 0.1) is 0 Å². The minimum Gasteiger partial charge on any atom is -0.326 e. The molecular weight excluding hydrogens is 264 g/mol. The zero-order valence-electron chi connectivity index (χ0n) is 10.6. The number of hydrogen-bond donors (Lipinski definition) is 1. The summed E-state index contributed by atoms with van der Waals surface area (Å²) in [4.78, 5) is 5.90. The highest BCUT2D eigenvalue weighted by Gasteiger charge is 2.13. The molecule has 2 N–H and O–H groups in total. The van der Waals surface area contributed by atoms with Crippen LogP contribution in [0.1, 0.15) is 40.9 Å². The van der Waals surface area contributed by atoms with Gasteiger partial charge in [0.25, 0.3) is 0 Å². The molecule has 18 heavy (non-hydrogen) atoms. The van der Waals surface area contributed by atoms with E-state index in [-0.39, 0.29) is 0 Å². The van der Waals surface area contributed by atoms with E-state index >= 15 is 0 Å². The molecule has 96 valence electrons. The van der Waals surface area contributed by atoms with Crippen molar-refractivity contribution in [2.45, 2.75) is 32.7 Å². The van der Waals surface area contributed by atoms with Gasteiger partial charge >= 0.3 is 0 Å². The summed E-state index contributed by atoms with van der Waals surface area (Å²) in [5, 5.41) is 1.88. The standard InChI is InChI=1S/C14H17ClN2S/c1-9(2)14-12(8-16)18-13(17-14)7-10-4-3-5-11(15)6-10/h3-6,9H,7-8,16H2,1-2H3. The fourth-order valence-corrected chi connectivity index (χ4v) is 3.26. The van der Waals surface area contributed by atoms with Gasteiger partial charge in [0.15, 0.2) is 0 Å². The van der Waals surface area contributed by atoms with E-state index in [1.54, 1.807) is 11.3 Å². The van der Waals surface area contributed by atoms with Crippen LogP contribution in [-0.2, 0) is 13.0 Å². The van der Waals surface area contributed by atoms with Crippen LogP contribution in [0.4, 0.5) is 0 Å². The van der Waals surface area contributed by atoms with Crippen LogP contribution in [0.25, 0.3) is 0 Å². The smallest absolute Gasteiger partial charge is 0.0975 e. The van der Waals surface area contributed by atoms with Crippen LogP contribution in [0.2, 0.25) is 5.02 Å². The highest BCUT2D eigenvalue weighted by Crippen LogP contribution is 2.26. The second-order valence-electron chi connectivity index (χ2n) is 4.58. The summed E-state index contributed by atoms with van der Waals surface area (Å²) in [7, 11) is 0. The Hall–Kier alpha value is -0.900. The van der Waals surface area contributed by atoms with E-state index in [1.165, 1.54) is 10.4 Å². The highest BCUT2D eigenvalue weighted by molar-refractivity contribution is 7.11. The Balaban J connectivity index is 2.24. The van der Waals surface area contributed by atoms with Crippen molar-refractivity contribution in [1.82, 2.24) is 4.98 Å². The van der Waals surface area contributed by atoms with Gasteiger partial charge in [-0.25, -0.2) is 4.98 Å². The largest absolute Gasteiger partial charge is 0.326 e. The van der Waals surface area contributed by atoms with Gasteiger partial charge in [-0.05, 0) is 23.6 Å². The molecule has 1 aromatic carbocycles. The Morgan fingerprint density at radius 3 is 2.72 bits per heavy atom. The molecule has 2 rings (SSSR count). The fourth-order valence-electron chi connectivity index (χ4n) is 1.91. The molecule has 0 amide bonds. The summed E-state index contributed by atoms with van der Waals surface area (Å²) in [6.07, 6.45) is 0.824. The molecule has 1 heterocycles. The van der Waals surface area contributed by atoms with Gasteiger partial charge in [0, 0.05) is 22.9 Å². The first-order chi connectivity index (χ1) is 8.60. The average molecular weight is 281 g/mol. The number of rotatable bonds is 4. The first-order valence-corrected chi connectivity index (χ1v) is 7.22. The molecule has 2 nitrogen and oxygen atoms in total. The molecule has 0 bridgehead atoms. The molecule has 1 aromatic heterocycles. The third-order valence-corrected chi connectivity index (χ3v) is 4.08. The minimum absolute atomic E-state index is 0.424. The molecule has 0 spiro atoms. The van der Waals surface area contributed by atoms with Crippen LogP contribution >= 0.6 is 22.9 Å². The number of thiazole rings is 1. The summed E-state index contributed by atoms with van der Waals surface area (Å²) in [6.45, 7) is 4.87. The lowest BCUT2D eigenvalue weighted by Crippen LogP contribution is -1.99. The molecule has 0 atom stereocenters. The second kappa shape index (κ2) is 5.83. The SMILES string of the molecule is CC(C)c1nc(Cc2cccc(Cl)c2)sc1CN. The third-order valence-electron chi connectivity index (χ3n) is 2.75. The van der Waals surface area contributed by atoms with E-state index in [9.17, 15) is 0 Å². The first-order valence-electron chi connectivity index (χ1n) is 6.03. The topological polar surface area (TPSA) is 38.9 Å². The Bertz CT molecular complexity index is 534. The number of halogens is 1. The van der Waals surface area contributed by atoms with Crippen molar-refractivity contribution in [3.63, 3.8) is 0 Å². The van der Waals surface area contributed by atoms with Gasteiger partial charge < -0.3 is 5.73 Å². The van der Waals surface area contributed by atoms with Crippen molar-refractivity contribution < 1.29 is 0 Å². The summed E-state index contributed by atoms with van der Waals surface area (Å²) < 4.78 is 0. The van der Waals surface area contributed by atoms with Crippen molar-refractivity contribution in [2.75, 3.05) is 0 Å². The van der Waals surface area contributed by atoms with Crippen LogP contribution < -0.4 is 5.73 Å². The number of aromatic nitrogens is 1. The van der Waals surface area contributed by atoms with Crippen molar-refractivity contribution >= 4 is 22.9 Å². The predicted octanol–water partition coefficient (Wildman–Crippen LogP) is 3.97. The summed E-state index contributed by atoms with van der Waals surface area (Å²) in [6, 6.07) is 7.92. The lowest BCUT2D eigenvalue weighted by molar-refractivity contribution is 0.806. The van der Waals surface area contributed by atoms with Crippen molar-refractivity contribution in [2.24, 2.45) is 5.73 Å². The van der Waals surface area contributed by atoms with Gasteiger partial charge in [-0.3, -0.25) is 0 Å². The van der Waals surface area contributed by atoms with E-state index in [0.29, 0.717) is 12.5 Å². The molecule has 0 fully saturated rings. The molecule has 0 unspecified atom stereocenters. The minimum atomic E-state index is 0.424. The Labute approximate surface area is 117 Å². The maximum atomic E-state index is 5.99. The number of nitrogens with zero attached hydrogens (tertiary/aromatic N) is 1. The van der Waals surface area contributed by atoms with Crippen molar-refractivity contribution in [3.8, 4) is 0 Å². The Morgan fingerprint density at radius 2 is 2.17 bits per heavy atom. The molecule has 2 aromatic rings. The van der Waals surface area contributed by atoms with E-state index in [2.05, 4.69) is 19.9 Å². The first kappa shape index (κ1) is 13.5. The average Bonchev–Trinajstić information content (AvgIpc) is 2.72. The maximum Gasteiger partial charge on any atom is 0.0975 e. The third kappa shape index (κ3) is 3.10. The summed E-state index contributed by atoms with van der Waals surface area (Å²) in [5.74, 6) is 0.424. The summed E-state index contributed by atoms with van der Waals surface area (Å²) >= 11 is 7.70. The lowest BCUT2D eigenvalue weighted by Gasteiger charge is -2.01. The lowest BCUT2D eigenvalue weighted by atomic mass is 10.1. The van der Waals surface area contributed by atoms with Crippen molar-refractivity contribution in [3.05, 3.63) is 50.4 Å². The molecule has 0 saturated carbocycles. The zero-order chi connectivity index (χ0) is 13.1. The van der Waals surface area contributed by atoms with E-state index in [0.717, 1.165) is 22.1 Å². The Morgan fingerprint density at radius 1 is 1.39 bits per heavy atom. The zero-order valence-corrected chi connectivity index (χ0v) is 12.2. The van der Waals surface area contributed by atoms with E-state index in [4.69, 9.17) is 22.3 Å². The van der Waals surface area contributed by atoms with Crippen LogP contribution in [-0.4, -0.2) is 4.98 Å². The number of nitrogens with two attached hydrogens (primary N) is 1. The molecule has 0 radical (unpaired) electrons. The van der Waals surface area contributed by atoms with Crippen LogP contribution in [0.15, 0.2) is 24.3 Å². The van der Waals surface area contributed by atoms with Crippen LogP contribution in [0.3, 0.4) is 0 Å². The van der Waals surface area contributed by atoms with E-state index in [1.807, 2.05) is 18.2 Å². The second-order valence-corrected chi connectivity index (χ2v) is 6.19. The Kier molecular flexibility index (Phi) is 4.38. The van der Waals surface area contributed by atoms with E-state index < -0.39 is 0 Å². The van der Waals surface area contributed by atoms with Crippen molar-refractivity contribution in [1.29, 1.82) is 0 Å². The van der Waals surface area contributed by atoms with Gasteiger partial charge in [0.1, 0.15) is 0 Å². The highest BCUT2D eigenvalue weighted by atomic mass is 35.5. The molecule has 0 aliphatic carbocycles. The fraction of sp³-hybridized carbons (Fsp3) is 0.357. The quantitative estimate of drug-likeness (QED) is 0.920. The van der Waals surface area contributed by atoms with Gasteiger partial charge in [0.2, 0.25) is 0 Å². The molecule has 4 heteroatoms. The van der Waals surface area contributed by atoms with Gasteiger partial charge in [0.05, 0.1) is 10.7 Å². The molecule has 0 saturated heterocycles. The van der Waals surface area contributed by atoms with Gasteiger partial charge in [-0.1, -0.05) is 37.6 Å². The number of benzene rings is 1. The number of hydrogen-bond acceptors (Lipinski definition) is 3. The summed E-state index contributed by atoms with van der Waals surface area (Å²) in [5.41, 5.74) is 8.10. The van der Waals surface area contributed by atoms with Crippen LogP contribution in [0.5, 0.6) is 0 Å². The molecular formula is C14H17ClN2S. The molecule has 0 aliphatic rings. The van der Waals surface area contributed by atoms with Gasteiger partial charge in [-0.15, -0.1) is 11.3 Å². The van der Waals surface area contributed by atoms with Gasteiger partial charge in [-0.2, -0.15) is 0 Å². The monoisotopic (exact) mass is 280 g/mol.